The zero-order chi connectivity index (χ0) is 14.2. The Balaban J connectivity index is 0.000000873. The van der Waals surface area contributed by atoms with Gasteiger partial charge in [-0.2, -0.15) is 0 Å². The van der Waals surface area contributed by atoms with Gasteiger partial charge in [-0.1, -0.05) is 38.5 Å². The monoisotopic (exact) mass is 245 g/mol. The van der Waals surface area contributed by atoms with Crippen LogP contribution in [0, 0.1) is 23.7 Å². The summed E-state index contributed by atoms with van der Waals surface area (Å²) in [7, 11) is 1.82. The van der Waals surface area contributed by atoms with Gasteiger partial charge in [0.05, 0.1) is 0 Å². The minimum Gasteiger partial charge on any atom is -0.297 e. The highest BCUT2D eigenvalue weighted by molar-refractivity contribution is 5.73. The van der Waals surface area contributed by atoms with E-state index in [0.717, 1.165) is 6.42 Å². The van der Waals surface area contributed by atoms with Crippen LogP contribution in [0.3, 0.4) is 0 Å². The topological polar surface area (TPSA) is 12.4 Å². The smallest absolute Gasteiger partial charge is 0.0277 e. The minimum absolute atomic E-state index is 0.324. The highest BCUT2D eigenvalue weighted by atomic mass is 14.6. The van der Waals surface area contributed by atoms with Crippen molar-refractivity contribution in [2.24, 2.45) is 16.3 Å². The lowest BCUT2D eigenvalue weighted by Crippen LogP contribution is -2.12. The number of hydrogen-bond donors (Lipinski definition) is 0. The predicted molar refractivity (Wildman–Crippen MR) is 82.9 cm³/mol. The largest absolute Gasteiger partial charge is 0.297 e. The van der Waals surface area contributed by atoms with Gasteiger partial charge in [-0.05, 0) is 38.2 Å². The van der Waals surface area contributed by atoms with Crippen molar-refractivity contribution in [3.63, 3.8) is 0 Å². The van der Waals surface area contributed by atoms with Crippen molar-refractivity contribution in [3.8, 4) is 12.3 Å². The Morgan fingerprint density at radius 3 is 2.28 bits per heavy atom. The third kappa shape index (κ3) is 4.18. The van der Waals surface area contributed by atoms with Crippen LogP contribution in [0.4, 0.5) is 0 Å². The lowest BCUT2D eigenvalue weighted by Gasteiger charge is -2.24. The van der Waals surface area contributed by atoms with Crippen molar-refractivity contribution in [1.82, 2.24) is 0 Å². The first-order valence-corrected chi connectivity index (χ1v) is 6.68. The Morgan fingerprint density at radius 1 is 1.50 bits per heavy atom. The maximum Gasteiger partial charge on any atom is 0.0277 e. The SMILES string of the molecule is C#CC.C=C(C(C)C)C1(/C(=C/C=NC)CC)CC1. The van der Waals surface area contributed by atoms with Crippen LogP contribution in [0.25, 0.3) is 0 Å². The van der Waals surface area contributed by atoms with E-state index in [2.05, 4.69) is 50.8 Å². The van der Waals surface area contributed by atoms with Gasteiger partial charge >= 0.3 is 0 Å². The Hall–Kier alpha value is -1.29. The molecule has 1 fully saturated rings. The molecule has 0 unspecified atom stereocenters. The second kappa shape index (κ2) is 7.93. The van der Waals surface area contributed by atoms with E-state index in [9.17, 15) is 0 Å². The first-order valence-electron chi connectivity index (χ1n) is 6.68. The summed E-state index contributed by atoms with van der Waals surface area (Å²) in [4.78, 5) is 4.04. The van der Waals surface area contributed by atoms with Crippen LogP contribution < -0.4 is 0 Å². The van der Waals surface area contributed by atoms with E-state index in [-0.39, 0.29) is 0 Å². The molecule has 0 aromatic heterocycles. The van der Waals surface area contributed by atoms with Crippen molar-refractivity contribution >= 4 is 6.21 Å². The van der Waals surface area contributed by atoms with Gasteiger partial charge in [-0.25, -0.2) is 0 Å². The molecule has 1 nitrogen and oxygen atoms in total. The molecule has 1 aliphatic rings. The van der Waals surface area contributed by atoms with E-state index >= 15 is 0 Å². The molecular weight excluding hydrogens is 218 g/mol. The average molecular weight is 245 g/mol. The predicted octanol–water partition coefficient (Wildman–Crippen LogP) is 4.66. The summed E-state index contributed by atoms with van der Waals surface area (Å²) >= 11 is 0. The zero-order valence-corrected chi connectivity index (χ0v) is 12.6. The van der Waals surface area contributed by atoms with Crippen LogP contribution in [0.5, 0.6) is 0 Å². The molecule has 0 N–H and O–H groups in total. The van der Waals surface area contributed by atoms with Crippen LogP contribution in [0.15, 0.2) is 28.8 Å². The lowest BCUT2D eigenvalue weighted by molar-refractivity contribution is 0.589. The van der Waals surface area contributed by atoms with E-state index in [4.69, 9.17) is 0 Å². The van der Waals surface area contributed by atoms with Crippen LogP contribution in [-0.4, -0.2) is 13.3 Å². The Morgan fingerprint density at radius 2 is 2.00 bits per heavy atom. The maximum atomic E-state index is 4.60. The van der Waals surface area contributed by atoms with E-state index in [1.807, 2.05) is 13.3 Å². The average Bonchev–Trinajstić information content (AvgIpc) is 3.11. The van der Waals surface area contributed by atoms with E-state index in [1.54, 1.807) is 6.92 Å². The Kier molecular flexibility index (Phi) is 7.36. The van der Waals surface area contributed by atoms with Crippen LogP contribution in [0.1, 0.15) is 47.0 Å². The summed E-state index contributed by atoms with van der Waals surface area (Å²) in [6, 6.07) is 0. The molecular formula is C17H27N. The summed E-state index contributed by atoms with van der Waals surface area (Å²) in [6.45, 7) is 12.6. The molecule has 0 radical (unpaired) electrons. The van der Waals surface area contributed by atoms with Crippen LogP contribution >= 0.6 is 0 Å². The molecule has 0 aliphatic heterocycles. The summed E-state index contributed by atoms with van der Waals surface area (Å²) in [5.41, 5.74) is 3.23. The van der Waals surface area contributed by atoms with Gasteiger partial charge in [0.1, 0.15) is 0 Å². The van der Waals surface area contributed by atoms with Crippen molar-refractivity contribution in [2.75, 3.05) is 7.05 Å². The fourth-order valence-corrected chi connectivity index (χ4v) is 2.31. The Bertz CT molecular complexity index is 360. The van der Waals surface area contributed by atoms with Crippen LogP contribution in [-0.2, 0) is 0 Å². The van der Waals surface area contributed by atoms with E-state index in [0.29, 0.717) is 11.3 Å². The molecule has 1 saturated carbocycles. The minimum atomic E-state index is 0.324. The number of allylic oxidation sites excluding steroid dienone is 3. The molecule has 100 valence electrons. The van der Waals surface area contributed by atoms with Gasteiger partial charge in [0.15, 0.2) is 0 Å². The third-order valence-electron chi connectivity index (χ3n) is 3.48. The maximum absolute atomic E-state index is 4.60. The van der Waals surface area contributed by atoms with Gasteiger partial charge in [0.25, 0.3) is 0 Å². The molecule has 0 bridgehead atoms. The van der Waals surface area contributed by atoms with Gasteiger partial charge in [-0.3, -0.25) is 4.99 Å². The molecule has 1 heteroatoms. The highest BCUT2D eigenvalue weighted by Gasteiger charge is 2.47. The van der Waals surface area contributed by atoms with Gasteiger partial charge in [0, 0.05) is 18.7 Å². The van der Waals surface area contributed by atoms with E-state index in [1.165, 1.54) is 24.0 Å². The third-order valence-corrected chi connectivity index (χ3v) is 3.48. The molecule has 1 rings (SSSR count). The van der Waals surface area contributed by atoms with Crippen molar-refractivity contribution < 1.29 is 0 Å². The molecule has 0 spiro atoms. The fraction of sp³-hybridized carbons (Fsp3) is 0.588. The molecule has 1 aliphatic carbocycles. The quantitative estimate of drug-likeness (QED) is 0.379. The number of aliphatic imine (C=N–C) groups is 1. The summed E-state index contributed by atoms with van der Waals surface area (Å²) in [5, 5.41) is 0. The lowest BCUT2D eigenvalue weighted by atomic mass is 9.81. The molecule has 0 aromatic carbocycles. The normalized spacial score (nSPS) is 17.1. The first-order chi connectivity index (χ1) is 8.49. The zero-order valence-electron chi connectivity index (χ0n) is 12.6. The number of terminal acetylenes is 1. The van der Waals surface area contributed by atoms with E-state index < -0.39 is 0 Å². The first kappa shape index (κ1) is 16.7. The molecule has 0 heterocycles. The number of nitrogens with zero attached hydrogens (tertiary/aromatic N) is 1. The molecule has 18 heavy (non-hydrogen) atoms. The van der Waals surface area contributed by atoms with Crippen molar-refractivity contribution in [2.45, 2.75) is 47.0 Å². The van der Waals surface area contributed by atoms with Crippen LogP contribution in [0.2, 0.25) is 0 Å². The number of rotatable bonds is 5. The van der Waals surface area contributed by atoms with Gasteiger partial charge in [-0.15, -0.1) is 12.3 Å². The molecule has 0 aromatic rings. The van der Waals surface area contributed by atoms with Crippen molar-refractivity contribution in [1.29, 1.82) is 0 Å². The molecule has 0 amide bonds. The molecule has 0 saturated heterocycles. The second-order valence-electron chi connectivity index (χ2n) is 5.00. The highest BCUT2D eigenvalue weighted by Crippen LogP contribution is 2.59. The summed E-state index contributed by atoms with van der Waals surface area (Å²) < 4.78 is 0. The van der Waals surface area contributed by atoms with Gasteiger partial charge in [0.2, 0.25) is 0 Å². The van der Waals surface area contributed by atoms with Crippen molar-refractivity contribution in [3.05, 3.63) is 23.8 Å². The summed E-state index contributed by atoms with van der Waals surface area (Å²) in [6.07, 6.45) is 12.4. The summed E-state index contributed by atoms with van der Waals surface area (Å²) in [5.74, 6) is 2.83. The Labute approximate surface area is 113 Å². The molecule has 0 atom stereocenters. The number of hydrogen-bond acceptors (Lipinski definition) is 1. The fourth-order valence-electron chi connectivity index (χ4n) is 2.31. The second-order valence-corrected chi connectivity index (χ2v) is 5.00. The standard InChI is InChI=1S/C14H23N.C3H4/c1-6-13(7-10-15-5)14(8-9-14)12(4)11(2)3;1-3-2/h7,10-11H,4,6,8-9H2,1-3,5H3;1H,2H3/b13-7+,15-10?;. The van der Waals surface area contributed by atoms with Gasteiger partial charge < -0.3 is 0 Å².